The molecule has 0 atom stereocenters. The minimum absolute atomic E-state index is 0.0107. The second kappa shape index (κ2) is 10.9. The van der Waals surface area contributed by atoms with Crippen LogP contribution in [0.25, 0.3) is 6.08 Å². The third-order valence-corrected chi connectivity index (χ3v) is 5.15. The monoisotopic (exact) mass is 452 g/mol. The first kappa shape index (κ1) is 22.7. The zero-order valence-corrected chi connectivity index (χ0v) is 18.4. The third kappa shape index (κ3) is 6.04. The Morgan fingerprint density at radius 2 is 1.21 bits per heavy atom. The maximum atomic E-state index is 12.6. The van der Waals surface area contributed by atoms with Crippen LogP contribution in [-0.4, -0.2) is 16.0 Å². The van der Waals surface area contributed by atoms with Gasteiger partial charge in [-0.25, -0.2) is 0 Å². The second-order valence-electron chi connectivity index (χ2n) is 7.65. The molecule has 0 fully saturated rings. The summed E-state index contributed by atoms with van der Waals surface area (Å²) < 4.78 is 11.4. The van der Waals surface area contributed by atoms with E-state index < -0.39 is 5.78 Å². The smallest absolute Gasteiger partial charge is 0.189 e. The maximum Gasteiger partial charge on any atom is 0.189 e. The van der Waals surface area contributed by atoms with Crippen LogP contribution in [-0.2, 0) is 13.2 Å². The van der Waals surface area contributed by atoms with Crippen molar-refractivity contribution in [3.8, 4) is 23.0 Å². The van der Waals surface area contributed by atoms with E-state index >= 15 is 0 Å². The summed E-state index contributed by atoms with van der Waals surface area (Å²) in [6, 6.07) is 28.9. The van der Waals surface area contributed by atoms with Gasteiger partial charge in [0.15, 0.2) is 5.78 Å². The van der Waals surface area contributed by atoms with E-state index in [0.717, 1.165) is 11.1 Å². The van der Waals surface area contributed by atoms with Gasteiger partial charge >= 0.3 is 0 Å². The Morgan fingerprint density at radius 1 is 0.676 bits per heavy atom. The summed E-state index contributed by atoms with van der Waals surface area (Å²) in [4.78, 5) is 12.6. The molecule has 0 bridgehead atoms. The molecule has 0 aromatic heterocycles. The quantitative estimate of drug-likeness (QED) is 0.235. The number of allylic oxidation sites excluding steroid dienone is 1. The number of phenols is 2. The Hall–Kier alpha value is -4.51. The molecule has 5 nitrogen and oxygen atoms in total. The molecule has 0 heterocycles. The molecule has 0 aliphatic carbocycles. The van der Waals surface area contributed by atoms with E-state index in [1.165, 1.54) is 30.4 Å². The Balaban J connectivity index is 1.37. The Kier molecular flexibility index (Phi) is 7.25. The number of aromatic hydroxyl groups is 2. The number of benzene rings is 4. The average Bonchev–Trinajstić information content (AvgIpc) is 2.87. The molecule has 0 amide bonds. The third-order valence-electron chi connectivity index (χ3n) is 5.15. The van der Waals surface area contributed by atoms with Gasteiger partial charge in [-0.15, -0.1) is 0 Å². The van der Waals surface area contributed by atoms with Crippen LogP contribution in [0.2, 0.25) is 0 Å². The van der Waals surface area contributed by atoms with Crippen LogP contribution < -0.4 is 9.47 Å². The number of carbonyl (C=O) groups is 1. The molecule has 4 aromatic rings. The van der Waals surface area contributed by atoms with E-state index in [-0.39, 0.29) is 17.1 Å². The Bertz CT molecular complexity index is 1280. The highest BCUT2D eigenvalue weighted by atomic mass is 16.5. The highest BCUT2D eigenvalue weighted by Crippen LogP contribution is 2.27. The van der Waals surface area contributed by atoms with Crippen LogP contribution in [0.5, 0.6) is 23.0 Å². The van der Waals surface area contributed by atoms with Gasteiger partial charge in [-0.3, -0.25) is 4.79 Å². The molecule has 0 unspecified atom stereocenters. The lowest BCUT2D eigenvalue weighted by molar-refractivity contribution is 0.104. The lowest BCUT2D eigenvalue weighted by Crippen LogP contribution is -1.98. The summed E-state index contributed by atoms with van der Waals surface area (Å²) in [6.45, 7) is 0.746. The molecule has 170 valence electrons. The predicted octanol–water partition coefficient (Wildman–Crippen LogP) is 6.15. The highest BCUT2D eigenvalue weighted by Gasteiger charge is 2.10. The van der Waals surface area contributed by atoms with Gasteiger partial charge in [0.25, 0.3) is 0 Å². The van der Waals surface area contributed by atoms with Crippen LogP contribution >= 0.6 is 0 Å². The molecule has 4 rings (SSSR count). The van der Waals surface area contributed by atoms with E-state index in [1.54, 1.807) is 18.2 Å². The molecular formula is C29H24O5. The van der Waals surface area contributed by atoms with Gasteiger partial charge in [-0.1, -0.05) is 60.7 Å². The lowest BCUT2D eigenvalue weighted by Gasteiger charge is -2.09. The van der Waals surface area contributed by atoms with Gasteiger partial charge in [0, 0.05) is 17.7 Å². The van der Waals surface area contributed by atoms with Crippen molar-refractivity contribution in [2.45, 2.75) is 13.2 Å². The van der Waals surface area contributed by atoms with Crippen molar-refractivity contribution in [1.82, 2.24) is 0 Å². The van der Waals surface area contributed by atoms with Crippen LogP contribution in [0, 0.1) is 0 Å². The normalized spacial score (nSPS) is 10.8. The first-order valence-corrected chi connectivity index (χ1v) is 10.8. The molecule has 0 radical (unpaired) electrons. The second-order valence-corrected chi connectivity index (χ2v) is 7.65. The van der Waals surface area contributed by atoms with E-state index in [2.05, 4.69) is 0 Å². The number of hydrogen-bond acceptors (Lipinski definition) is 5. The molecule has 0 saturated carbocycles. The molecular weight excluding hydrogens is 428 g/mol. The van der Waals surface area contributed by atoms with Crippen molar-refractivity contribution in [3.63, 3.8) is 0 Å². The van der Waals surface area contributed by atoms with Crippen molar-refractivity contribution in [2.24, 2.45) is 0 Å². The minimum atomic E-state index is -0.393. The number of carbonyl (C=O) groups excluding carboxylic acids is 1. The molecule has 34 heavy (non-hydrogen) atoms. The zero-order chi connectivity index (χ0) is 23.8. The van der Waals surface area contributed by atoms with E-state index in [4.69, 9.17) is 9.47 Å². The van der Waals surface area contributed by atoms with E-state index in [9.17, 15) is 15.0 Å². The zero-order valence-electron chi connectivity index (χ0n) is 18.4. The van der Waals surface area contributed by atoms with Crippen LogP contribution in [0.1, 0.15) is 27.0 Å². The van der Waals surface area contributed by atoms with Crippen LogP contribution in [0.15, 0.2) is 103 Å². The average molecular weight is 453 g/mol. The molecule has 0 aliphatic rings. The van der Waals surface area contributed by atoms with Crippen molar-refractivity contribution < 1.29 is 24.5 Å². The number of ether oxygens (including phenoxy) is 2. The van der Waals surface area contributed by atoms with Crippen molar-refractivity contribution >= 4 is 11.9 Å². The predicted molar refractivity (Wildman–Crippen MR) is 131 cm³/mol. The molecule has 0 aliphatic heterocycles. The summed E-state index contributed by atoms with van der Waals surface area (Å²) in [6.07, 6.45) is 2.80. The first-order valence-electron chi connectivity index (χ1n) is 10.8. The summed E-state index contributed by atoms with van der Waals surface area (Å²) in [5, 5.41) is 20.6. The summed E-state index contributed by atoms with van der Waals surface area (Å²) in [5.41, 5.74) is 2.63. The number of phenolic OH excluding ortho intramolecular Hbond substituents is 2. The Morgan fingerprint density at radius 3 is 1.74 bits per heavy atom. The van der Waals surface area contributed by atoms with Gasteiger partial charge < -0.3 is 19.7 Å². The summed E-state index contributed by atoms with van der Waals surface area (Å²) in [5.74, 6) is 0.410. The largest absolute Gasteiger partial charge is 0.507 e. The fourth-order valence-corrected chi connectivity index (χ4v) is 3.30. The van der Waals surface area contributed by atoms with Gasteiger partial charge in [0.2, 0.25) is 0 Å². The Labute approximate surface area is 198 Å². The van der Waals surface area contributed by atoms with Crippen molar-refractivity contribution in [1.29, 1.82) is 0 Å². The maximum absolute atomic E-state index is 12.6. The van der Waals surface area contributed by atoms with Gasteiger partial charge in [0.1, 0.15) is 36.2 Å². The van der Waals surface area contributed by atoms with Gasteiger partial charge in [0.05, 0.1) is 5.56 Å². The standard InChI is InChI=1S/C29H24O5/c30-27(26-15-14-25(18-29(26)32)34-20-22-9-5-2-6-10-22)16-12-23-11-13-24(17-28(23)31)33-19-21-7-3-1-4-8-21/h1-18,31-32H,19-20H2. The highest BCUT2D eigenvalue weighted by molar-refractivity contribution is 6.08. The minimum Gasteiger partial charge on any atom is -0.507 e. The van der Waals surface area contributed by atoms with Gasteiger partial charge in [-0.05, 0) is 47.5 Å². The molecule has 5 heteroatoms. The molecule has 4 aromatic carbocycles. The van der Waals surface area contributed by atoms with Crippen LogP contribution in [0.4, 0.5) is 0 Å². The van der Waals surface area contributed by atoms with Crippen molar-refractivity contribution in [3.05, 3.63) is 125 Å². The topological polar surface area (TPSA) is 76.0 Å². The fraction of sp³-hybridized carbons (Fsp3) is 0.0690. The van der Waals surface area contributed by atoms with Gasteiger partial charge in [-0.2, -0.15) is 0 Å². The number of rotatable bonds is 9. The van der Waals surface area contributed by atoms with Crippen molar-refractivity contribution in [2.75, 3.05) is 0 Å². The first-order chi connectivity index (χ1) is 16.6. The molecule has 0 saturated heterocycles. The van der Waals surface area contributed by atoms with E-state index in [1.807, 2.05) is 60.7 Å². The molecule has 0 spiro atoms. The number of hydrogen-bond donors (Lipinski definition) is 2. The van der Waals surface area contributed by atoms with E-state index in [0.29, 0.717) is 30.3 Å². The summed E-state index contributed by atoms with van der Waals surface area (Å²) in [7, 11) is 0. The van der Waals surface area contributed by atoms with Crippen LogP contribution in [0.3, 0.4) is 0 Å². The number of ketones is 1. The SMILES string of the molecule is O=C(C=Cc1ccc(OCc2ccccc2)cc1O)c1ccc(OCc2ccccc2)cc1O. The summed E-state index contributed by atoms with van der Waals surface area (Å²) >= 11 is 0. The molecule has 2 N–H and O–H groups in total. The lowest BCUT2D eigenvalue weighted by atomic mass is 10.1. The fourth-order valence-electron chi connectivity index (χ4n) is 3.30.